The Balaban J connectivity index is 2.11. The van der Waals surface area contributed by atoms with Crippen LogP contribution >= 0.6 is 0 Å². The Bertz CT molecular complexity index is 670. The van der Waals surface area contributed by atoms with E-state index < -0.39 is 30.1 Å². The zero-order valence-corrected chi connectivity index (χ0v) is 10.0. The Morgan fingerprint density at radius 1 is 1.35 bits per heavy atom. The fraction of sp³-hybridized carbons (Fsp3) is 0.0833. The van der Waals surface area contributed by atoms with E-state index in [-0.39, 0.29) is 11.3 Å². The van der Waals surface area contributed by atoms with Crippen molar-refractivity contribution >= 4 is 17.6 Å². The molecule has 8 heteroatoms. The summed E-state index contributed by atoms with van der Waals surface area (Å²) in [5.74, 6) is -3.44. The van der Waals surface area contributed by atoms with Crippen molar-refractivity contribution in [3.63, 3.8) is 0 Å². The Morgan fingerprint density at radius 2 is 2.10 bits per heavy atom. The summed E-state index contributed by atoms with van der Waals surface area (Å²) in [6.45, 7) is -0.391. The highest BCUT2D eigenvalue weighted by Gasteiger charge is 2.12. The number of carboxylic acids is 1. The number of hydrogen-bond donors (Lipinski definition) is 2. The highest BCUT2D eigenvalue weighted by molar-refractivity contribution is 6.04. The smallest absolute Gasteiger partial charge is 0.325 e. The van der Waals surface area contributed by atoms with E-state index in [0.717, 1.165) is 23.0 Å². The average Bonchev–Trinajstić information content (AvgIpc) is 2.80. The molecule has 2 rings (SSSR count). The lowest BCUT2D eigenvalue weighted by Crippen LogP contribution is -2.13. The van der Waals surface area contributed by atoms with E-state index in [9.17, 15) is 18.4 Å². The predicted molar refractivity (Wildman–Crippen MR) is 64.2 cm³/mol. The fourth-order valence-corrected chi connectivity index (χ4v) is 1.49. The minimum Gasteiger partial charge on any atom is -0.480 e. The Kier molecular flexibility index (Phi) is 3.74. The first-order valence-electron chi connectivity index (χ1n) is 5.46. The van der Waals surface area contributed by atoms with Crippen molar-refractivity contribution < 1.29 is 23.5 Å². The molecule has 0 aliphatic rings. The molecule has 20 heavy (non-hydrogen) atoms. The number of halogens is 2. The molecular weight excluding hydrogens is 272 g/mol. The molecule has 1 heterocycles. The lowest BCUT2D eigenvalue weighted by Gasteiger charge is -2.04. The van der Waals surface area contributed by atoms with Crippen LogP contribution in [0.5, 0.6) is 0 Å². The molecule has 0 fully saturated rings. The van der Waals surface area contributed by atoms with Crippen LogP contribution in [-0.4, -0.2) is 26.8 Å². The van der Waals surface area contributed by atoms with Crippen LogP contribution < -0.4 is 5.32 Å². The van der Waals surface area contributed by atoms with Crippen molar-refractivity contribution in [2.45, 2.75) is 6.54 Å². The number of rotatable bonds is 4. The van der Waals surface area contributed by atoms with Crippen molar-refractivity contribution in [3.8, 4) is 0 Å². The third-order valence-corrected chi connectivity index (χ3v) is 2.37. The van der Waals surface area contributed by atoms with Gasteiger partial charge in [-0.25, -0.2) is 8.78 Å². The summed E-state index contributed by atoms with van der Waals surface area (Å²) in [7, 11) is 0. The average molecular weight is 281 g/mol. The van der Waals surface area contributed by atoms with Crippen molar-refractivity contribution in [1.82, 2.24) is 9.78 Å². The first kappa shape index (κ1) is 13.7. The van der Waals surface area contributed by atoms with Gasteiger partial charge >= 0.3 is 5.97 Å². The Hall–Kier alpha value is -2.77. The Labute approximate surface area is 111 Å². The standard InChI is InChI=1S/C12H9F2N3O3/c13-8-1-2-10(9(14)3-8)16-12(20)7-4-15-17(5-7)6-11(18)19/h1-5H,6H2,(H,16,20)(H,18,19). The van der Waals surface area contributed by atoms with Crippen LogP contribution in [0.2, 0.25) is 0 Å². The van der Waals surface area contributed by atoms with Gasteiger partial charge in [-0.1, -0.05) is 0 Å². The summed E-state index contributed by atoms with van der Waals surface area (Å²) in [5.41, 5.74) is -0.114. The maximum Gasteiger partial charge on any atom is 0.325 e. The molecule has 0 saturated heterocycles. The monoisotopic (exact) mass is 281 g/mol. The number of benzene rings is 1. The minimum absolute atomic E-state index is 0.0648. The van der Waals surface area contributed by atoms with Gasteiger partial charge in [0.25, 0.3) is 5.91 Å². The zero-order valence-electron chi connectivity index (χ0n) is 10.0. The fourth-order valence-electron chi connectivity index (χ4n) is 1.49. The van der Waals surface area contributed by atoms with Crippen LogP contribution in [0.1, 0.15) is 10.4 Å². The molecule has 0 saturated carbocycles. The van der Waals surface area contributed by atoms with Gasteiger partial charge in [0.15, 0.2) is 0 Å². The van der Waals surface area contributed by atoms with E-state index in [1.54, 1.807) is 0 Å². The lowest BCUT2D eigenvalue weighted by molar-refractivity contribution is -0.137. The quantitative estimate of drug-likeness (QED) is 0.889. The van der Waals surface area contributed by atoms with Crippen LogP contribution in [0.25, 0.3) is 0 Å². The summed E-state index contributed by atoms with van der Waals surface area (Å²) in [6, 6.07) is 2.74. The predicted octanol–water partition coefficient (Wildman–Crippen LogP) is 1.50. The summed E-state index contributed by atoms with van der Waals surface area (Å²) in [4.78, 5) is 22.2. The number of carbonyl (C=O) groups is 2. The Morgan fingerprint density at radius 3 is 2.75 bits per heavy atom. The molecule has 104 valence electrons. The molecule has 1 aromatic heterocycles. The number of aliphatic carboxylic acids is 1. The summed E-state index contributed by atoms with van der Waals surface area (Å²) in [5, 5.41) is 14.5. The first-order valence-corrected chi connectivity index (χ1v) is 5.46. The number of hydrogen-bond acceptors (Lipinski definition) is 3. The number of nitrogens with one attached hydrogen (secondary N) is 1. The number of amides is 1. The van der Waals surface area contributed by atoms with Crippen LogP contribution in [0, 0.1) is 11.6 Å². The number of carbonyl (C=O) groups excluding carboxylic acids is 1. The highest BCUT2D eigenvalue weighted by Crippen LogP contribution is 2.15. The van der Waals surface area contributed by atoms with Crippen molar-refractivity contribution in [1.29, 1.82) is 0 Å². The second-order valence-corrected chi connectivity index (χ2v) is 3.90. The molecule has 0 radical (unpaired) electrons. The van der Waals surface area contributed by atoms with Crippen LogP contribution in [-0.2, 0) is 11.3 Å². The van der Waals surface area contributed by atoms with Gasteiger partial charge in [-0.05, 0) is 12.1 Å². The summed E-state index contributed by atoms with van der Waals surface area (Å²) < 4.78 is 27.1. The SMILES string of the molecule is O=C(O)Cn1cc(C(=O)Nc2ccc(F)cc2F)cn1. The van der Waals surface area contributed by atoms with E-state index in [2.05, 4.69) is 10.4 Å². The van der Waals surface area contributed by atoms with Gasteiger partial charge in [0, 0.05) is 12.3 Å². The van der Waals surface area contributed by atoms with Gasteiger partial charge in [0.05, 0.1) is 17.4 Å². The van der Waals surface area contributed by atoms with Crippen LogP contribution in [0.3, 0.4) is 0 Å². The topological polar surface area (TPSA) is 84.2 Å². The van der Waals surface area contributed by atoms with E-state index in [1.165, 1.54) is 6.20 Å². The number of anilines is 1. The van der Waals surface area contributed by atoms with E-state index in [0.29, 0.717) is 6.07 Å². The normalized spacial score (nSPS) is 10.3. The van der Waals surface area contributed by atoms with Crippen molar-refractivity contribution in [2.24, 2.45) is 0 Å². The molecule has 1 amide bonds. The minimum atomic E-state index is -1.11. The van der Waals surface area contributed by atoms with Gasteiger partial charge in [-0.3, -0.25) is 14.3 Å². The molecule has 1 aromatic carbocycles. The second kappa shape index (κ2) is 5.47. The van der Waals surface area contributed by atoms with Gasteiger partial charge in [0.2, 0.25) is 0 Å². The van der Waals surface area contributed by atoms with Gasteiger partial charge < -0.3 is 10.4 Å². The molecule has 0 unspecified atom stereocenters. The summed E-state index contributed by atoms with van der Waals surface area (Å²) in [6.07, 6.45) is 2.37. The van der Waals surface area contributed by atoms with E-state index in [1.807, 2.05) is 0 Å². The first-order chi connectivity index (χ1) is 9.45. The van der Waals surface area contributed by atoms with Gasteiger partial charge in [0.1, 0.15) is 18.2 Å². The zero-order chi connectivity index (χ0) is 14.7. The van der Waals surface area contributed by atoms with Gasteiger partial charge in [-0.15, -0.1) is 0 Å². The lowest BCUT2D eigenvalue weighted by atomic mass is 10.2. The number of aromatic nitrogens is 2. The molecule has 0 aliphatic heterocycles. The number of carboxylic acid groups (broad SMARTS) is 1. The maximum atomic E-state index is 13.4. The third-order valence-electron chi connectivity index (χ3n) is 2.37. The maximum absolute atomic E-state index is 13.4. The molecule has 2 aromatic rings. The molecule has 0 bridgehead atoms. The molecule has 0 spiro atoms. The molecule has 2 N–H and O–H groups in total. The van der Waals surface area contributed by atoms with E-state index >= 15 is 0 Å². The largest absolute Gasteiger partial charge is 0.480 e. The molecule has 0 atom stereocenters. The molecular formula is C12H9F2N3O3. The van der Waals surface area contributed by atoms with Crippen molar-refractivity contribution in [3.05, 3.63) is 47.8 Å². The molecule has 0 aliphatic carbocycles. The van der Waals surface area contributed by atoms with E-state index in [4.69, 9.17) is 5.11 Å². The second-order valence-electron chi connectivity index (χ2n) is 3.90. The molecule has 6 nitrogen and oxygen atoms in total. The number of nitrogens with zero attached hydrogens (tertiary/aromatic N) is 2. The van der Waals surface area contributed by atoms with Crippen LogP contribution in [0.15, 0.2) is 30.6 Å². The van der Waals surface area contributed by atoms with Gasteiger partial charge in [-0.2, -0.15) is 5.10 Å². The van der Waals surface area contributed by atoms with Crippen molar-refractivity contribution in [2.75, 3.05) is 5.32 Å². The third kappa shape index (κ3) is 3.16. The highest BCUT2D eigenvalue weighted by atomic mass is 19.1. The van der Waals surface area contributed by atoms with Crippen LogP contribution in [0.4, 0.5) is 14.5 Å². The summed E-state index contributed by atoms with van der Waals surface area (Å²) >= 11 is 0.